The summed E-state index contributed by atoms with van der Waals surface area (Å²) in [5, 5.41) is 0. The SMILES string of the molecule is CC(C)N1CCN2c3ncc(N4CCN(C)CC4)cc3N(C)C(=O)[C@@H]2C1. The second-order valence-electron chi connectivity index (χ2n) is 8.02. The number of hydrogen-bond acceptors (Lipinski definition) is 6. The fourth-order valence-electron chi connectivity index (χ4n) is 4.22. The van der Waals surface area contributed by atoms with Gasteiger partial charge in [0.15, 0.2) is 5.82 Å². The molecule has 0 bridgehead atoms. The fraction of sp³-hybridized carbons (Fsp3) is 0.684. The molecular weight excluding hydrogens is 328 g/mol. The smallest absolute Gasteiger partial charge is 0.250 e. The van der Waals surface area contributed by atoms with Crippen molar-refractivity contribution in [3.05, 3.63) is 12.3 Å². The van der Waals surface area contributed by atoms with Gasteiger partial charge in [0.2, 0.25) is 0 Å². The lowest BCUT2D eigenvalue weighted by atomic mass is 10.0. The maximum Gasteiger partial charge on any atom is 0.250 e. The minimum Gasteiger partial charge on any atom is -0.368 e. The quantitative estimate of drug-likeness (QED) is 0.776. The van der Waals surface area contributed by atoms with E-state index >= 15 is 0 Å². The molecule has 26 heavy (non-hydrogen) atoms. The van der Waals surface area contributed by atoms with Crippen molar-refractivity contribution >= 4 is 23.1 Å². The molecule has 3 aliphatic heterocycles. The molecule has 0 aromatic carbocycles. The summed E-state index contributed by atoms with van der Waals surface area (Å²) in [6, 6.07) is 2.49. The highest BCUT2D eigenvalue weighted by Gasteiger charge is 2.41. The maximum atomic E-state index is 13.0. The molecule has 0 N–H and O–H groups in total. The number of anilines is 3. The minimum absolute atomic E-state index is 0.120. The largest absolute Gasteiger partial charge is 0.368 e. The van der Waals surface area contributed by atoms with Gasteiger partial charge in [-0.25, -0.2) is 4.98 Å². The Kier molecular flexibility index (Phi) is 4.52. The highest BCUT2D eigenvalue weighted by Crippen LogP contribution is 2.37. The van der Waals surface area contributed by atoms with Crippen LogP contribution in [-0.2, 0) is 4.79 Å². The van der Waals surface area contributed by atoms with Crippen LogP contribution in [0.4, 0.5) is 17.2 Å². The Morgan fingerprint density at radius 1 is 1.08 bits per heavy atom. The van der Waals surface area contributed by atoms with Crippen LogP contribution in [0.25, 0.3) is 0 Å². The van der Waals surface area contributed by atoms with Gasteiger partial charge in [0.05, 0.1) is 17.6 Å². The molecule has 2 fully saturated rings. The lowest BCUT2D eigenvalue weighted by Gasteiger charge is -2.47. The number of hydrogen-bond donors (Lipinski definition) is 0. The summed E-state index contributed by atoms with van der Waals surface area (Å²) in [7, 11) is 4.05. The summed E-state index contributed by atoms with van der Waals surface area (Å²) in [5.41, 5.74) is 2.07. The van der Waals surface area contributed by atoms with Crippen molar-refractivity contribution in [2.75, 3.05) is 74.6 Å². The molecule has 2 saturated heterocycles. The second kappa shape index (κ2) is 6.70. The van der Waals surface area contributed by atoms with E-state index in [0.717, 1.165) is 63.0 Å². The molecule has 4 rings (SSSR count). The molecular formula is C19H30N6O. The zero-order valence-electron chi connectivity index (χ0n) is 16.4. The van der Waals surface area contributed by atoms with Crippen molar-refractivity contribution in [2.24, 2.45) is 0 Å². The molecule has 0 radical (unpaired) electrons. The van der Waals surface area contributed by atoms with Crippen LogP contribution >= 0.6 is 0 Å². The number of fused-ring (bicyclic) bond motifs is 3. The minimum atomic E-state index is -0.120. The van der Waals surface area contributed by atoms with Gasteiger partial charge >= 0.3 is 0 Å². The summed E-state index contributed by atoms with van der Waals surface area (Å²) in [6.07, 6.45) is 1.99. The van der Waals surface area contributed by atoms with Gasteiger partial charge in [-0.15, -0.1) is 0 Å². The average molecular weight is 358 g/mol. The number of carbonyl (C=O) groups is 1. The van der Waals surface area contributed by atoms with Crippen LogP contribution in [0.5, 0.6) is 0 Å². The molecule has 1 amide bonds. The Labute approximate surface area is 156 Å². The van der Waals surface area contributed by atoms with Crippen LogP contribution in [0.2, 0.25) is 0 Å². The Morgan fingerprint density at radius 2 is 1.81 bits per heavy atom. The van der Waals surface area contributed by atoms with Gasteiger partial charge < -0.3 is 19.6 Å². The number of piperazine rings is 2. The number of nitrogens with zero attached hydrogens (tertiary/aromatic N) is 6. The van der Waals surface area contributed by atoms with Gasteiger partial charge in [0.1, 0.15) is 6.04 Å². The predicted molar refractivity (Wildman–Crippen MR) is 105 cm³/mol. The van der Waals surface area contributed by atoms with Gasteiger partial charge in [0.25, 0.3) is 5.91 Å². The van der Waals surface area contributed by atoms with Gasteiger partial charge in [-0.2, -0.15) is 0 Å². The van der Waals surface area contributed by atoms with E-state index in [0.29, 0.717) is 6.04 Å². The van der Waals surface area contributed by atoms with E-state index in [4.69, 9.17) is 4.98 Å². The fourth-order valence-corrected chi connectivity index (χ4v) is 4.22. The van der Waals surface area contributed by atoms with E-state index in [1.165, 1.54) is 0 Å². The Balaban J connectivity index is 1.62. The predicted octanol–water partition coefficient (Wildman–Crippen LogP) is 0.709. The Hall–Kier alpha value is -1.86. The van der Waals surface area contributed by atoms with Crippen LogP contribution in [0.15, 0.2) is 12.3 Å². The van der Waals surface area contributed by atoms with Crippen molar-refractivity contribution in [1.29, 1.82) is 0 Å². The number of carbonyl (C=O) groups excluding carboxylic acids is 1. The van der Waals surface area contributed by atoms with Gasteiger partial charge in [-0.3, -0.25) is 9.69 Å². The first-order valence-electron chi connectivity index (χ1n) is 9.67. The summed E-state index contributed by atoms with van der Waals surface area (Å²) >= 11 is 0. The Bertz CT molecular complexity index is 685. The molecule has 0 aliphatic carbocycles. The highest BCUT2D eigenvalue weighted by atomic mass is 16.2. The number of pyridine rings is 1. The number of rotatable bonds is 2. The van der Waals surface area contributed by atoms with Crippen LogP contribution in [0, 0.1) is 0 Å². The van der Waals surface area contributed by atoms with Gasteiger partial charge in [-0.1, -0.05) is 0 Å². The van der Waals surface area contributed by atoms with Gasteiger partial charge in [0, 0.05) is 58.9 Å². The third kappa shape index (κ3) is 2.93. The molecule has 3 aliphatic rings. The second-order valence-corrected chi connectivity index (χ2v) is 8.02. The monoisotopic (exact) mass is 358 g/mol. The molecule has 0 unspecified atom stereocenters. The lowest BCUT2D eigenvalue weighted by molar-refractivity contribution is -0.121. The Morgan fingerprint density at radius 3 is 2.50 bits per heavy atom. The summed E-state index contributed by atoms with van der Waals surface area (Å²) in [5.74, 6) is 1.14. The third-order valence-corrected chi connectivity index (χ3v) is 6.09. The van der Waals surface area contributed by atoms with E-state index in [-0.39, 0.29) is 11.9 Å². The van der Waals surface area contributed by atoms with Gasteiger partial charge in [-0.05, 0) is 27.0 Å². The lowest BCUT2D eigenvalue weighted by Crippen LogP contribution is -2.63. The van der Waals surface area contributed by atoms with Crippen LogP contribution in [0.1, 0.15) is 13.8 Å². The molecule has 7 nitrogen and oxygen atoms in total. The standard InChI is InChI=1S/C19H30N6O/c1-14(2)24-9-10-25-17(13-24)19(26)22(4)16-11-15(12-20-18(16)25)23-7-5-21(3)6-8-23/h11-12,14,17H,5-10,13H2,1-4H3/t17-/m0/s1. The average Bonchev–Trinajstić information content (AvgIpc) is 2.66. The van der Waals surface area contributed by atoms with Crippen molar-refractivity contribution in [2.45, 2.75) is 25.9 Å². The van der Waals surface area contributed by atoms with Crippen molar-refractivity contribution in [3.63, 3.8) is 0 Å². The van der Waals surface area contributed by atoms with E-state index in [1.54, 1.807) is 0 Å². The van der Waals surface area contributed by atoms with Crippen molar-refractivity contribution in [1.82, 2.24) is 14.8 Å². The summed E-state index contributed by atoms with van der Waals surface area (Å²) < 4.78 is 0. The molecule has 4 heterocycles. The van der Waals surface area contributed by atoms with E-state index in [9.17, 15) is 4.79 Å². The zero-order chi connectivity index (χ0) is 18.4. The molecule has 142 valence electrons. The highest BCUT2D eigenvalue weighted by molar-refractivity contribution is 6.05. The molecule has 0 spiro atoms. The molecule has 1 aromatic rings. The summed E-state index contributed by atoms with van der Waals surface area (Å²) in [4.78, 5) is 29.0. The first kappa shape index (κ1) is 17.5. The number of amides is 1. The zero-order valence-corrected chi connectivity index (χ0v) is 16.4. The topological polar surface area (TPSA) is 46.2 Å². The van der Waals surface area contributed by atoms with E-state index < -0.39 is 0 Å². The van der Waals surface area contributed by atoms with Crippen LogP contribution in [-0.4, -0.2) is 92.7 Å². The van der Waals surface area contributed by atoms with Crippen LogP contribution in [0.3, 0.4) is 0 Å². The molecule has 7 heteroatoms. The molecule has 1 atom stereocenters. The van der Waals surface area contributed by atoms with E-state index in [2.05, 4.69) is 46.6 Å². The third-order valence-electron chi connectivity index (χ3n) is 6.09. The number of likely N-dealkylation sites (N-methyl/N-ethyl adjacent to an activating group) is 2. The van der Waals surface area contributed by atoms with E-state index in [1.807, 2.05) is 18.1 Å². The normalized spacial score (nSPS) is 24.9. The number of aromatic nitrogens is 1. The van der Waals surface area contributed by atoms with Crippen molar-refractivity contribution < 1.29 is 4.79 Å². The molecule has 0 saturated carbocycles. The maximum absolute atomic E-state index is 13.0. The first-order valence-corrected chi connectivity index (χ1v) is 9.67. The summed E-state index contributed by atoms with van der Waals surface area (Å²) in [6.45, 7) is 11.1. The first-order chi connectivity index (χ1) is 12.5. The molecule has 1 aromatic heterocycles. The van der Waals surface area contributed by atoms with Crippen LogP contribution < -0.4 is 14.7 Å². The van der Waals surface area contributed by atoms with Crippen molar-refractivity contribution in [3.8, 4) is 0 Å².